The molecule has 0 aliphatic carbocycles. The number of nitrogens with two attached hydrogens (primary N) is 1. The lowest BCUT2D eigenvalue weighted by molar-refractivity contribution is 0.359. The van der Waals surface area contributed by atoms with E-state index < -0.39 is 0 Å². The van der Waals surface area contributed by atoms with Gasteiger partial charge in [-0.05, 0) is 25.9 Å². The zero-order chi connectivity index (χ0) is 6.24. The van der Waals surface area contributed by atoms with Gasteiger partial charge in [-0.2, -0.15) is 0 Å². The van der Waals surface area contributed by atoms with Crippen LogP contribution >= 0.6 is 0 Å². The summed E-state index contributed by atoms with van der Waals surface area (Å²) in [7, 11) is 0.240. The van der Waals surface area contributed by atoms with Gasteiger partial charge >= 0.3 is 0 Å². The van der Waals surface area contributed by atoms with Gasteiger partial charge in [0.2, 0.25) is 0 Å². The van der Waals surface area contributed by atoms with E-state index >= 15 is 0 Å². The monoisotopic (exact) mass is 132 g/mol. The van der Waals surface area contributed by atoms with E-state index in [-0.39, 0.29) is 9.76 Å². The lowest BCUT2D eigenvalue weighted by atomic mass is 10.5. The van der Waals surface area contributed by atoms with Gasteiger partial charge in [0, 0.05) is 6.61 Å². The van der Waals surface area contributed by atoms with Gasteiger partial charge in [-0.1, -0.05) is 0 Å². The standard InChI is InChI=1S/C5H14NOSi/c1-2-7-8-5-3-4-6/h8H,2-6H2,1H3. The van der Waals surface area contributed by atoms with Gasteiger partial charge < -0.3 is 10.2 Å². The molecule has 0 aromatic heterocycles. The summed E-state index contributed by atoms with van der Waals surface area (Å²) >= 11 is 0. The molecule has 0 amide bonds. The van der Waals surface area contributed by atoms with Crippen molar-refractivity contribution >= 4 is 9.76 Å². The van der Waals surface area contributed by atoms with E-state index in [1.165, 1.54) is 6.04 Å². The van der Waals surface area contributed by atoms with Crippen LogP contribution in [0.25, 0.3) is 0 Å². The number of hydrogen-bond acceptors (Lipinski definition) is 2. The first kappa shape index (κ1) is 8.14. The molecule has 1 radical (unpaired) electrons. The van der Waals surface area contributed by atoms with Gasteiger partial charge in [0.1, 0.15) is 0 Å². The molecule has 0 aromatic rings. The molecule has 0 rings (SSSR count). The summed E-state index contributed by atoms with van der Waals surface area (Å²) < 4.78 is 5.16. The summed E-state index contributed by atoms with van der Waals surface area (Å²) in [6.07, 6.45) is 1.12. The third-order valence-corrected chi connectivity index (χ3v) is 2.02. The highest BCUT2D eigenvalue weighted by Gasteiger charge is 1.85. The molecule has 0 fully saturated rings. The Hall–Kier alpha value is 0.137. The van der Waals surface area contributed by atoms with Crippen molar-refractivity contribution in [3.63, 3.8) is 0 Å². The molecule has 0 aromatic carbocycles. The number of rotatable bonds is 5. The second kappa shape index (κ2) is 7.14. The maximum Gasteiger partial charge on any atom is 0.193 e. The Bertz CT molecular complexity index is 37.4. The first-order valence-corrected chi connectivity index (χ1v) is 4.34. The Morgan fingerprint density at radius 2 is 2.38 bits per heavy atom. The molecular formula is C5H14NOSi. The fourth-order valence-electron chi connectivity index (χ4n) is 0.402. The third kappa shape index (κ3) is 6.14. The van der Waals surface area contributed by atoms with E-state index in [2.05, 4.69) is 0 Å². The minimum atomic E-state index is 0.240. The Morgan fingerprint density at radius 3 is 2.88 bits per heavy atom. The summed E-state index contributed by atoms with van der Waals surface area (Å²) in [5, 5.41) is 0. The predicted octanol–water partition coefficient (Wildman–Crippen LogP) is 0.142. The maximum atomic E-state index is 5.27. The molecule has 0 atom stereocenters. The smallest absolute Gasteiger partial charge is 0.193 e. The van der Waals surface area contributed by atoms with Gasteiger partial charge in [0.15, 0.2) is 9.76 Å². The van der Waals surface area contributed by atoms with Crippen molar-refractivity contribution in [2.75, 3.05) is 13.2 Å². The summed E-state index contributed by atoms with van der Waals surface area (Å²) in [6, 6.07) is 1.18. The van der Waals surface area contributed by atoms with Gasteiger partial charge in [-0.15, -0.1) is 0 Å². The zero-order valence-electron chi connectivity index (χ0n) is 5.39. The summed E-state index contributed by atoms with van der Waals surface area (Å²) in [5.74, 6) is 0. The first-order valence-electron chi connectivity index (χ1n) is 3.05. The highest BCUT2D eigenvalue weighted by Crippen LogP contribution is 1.84. The molecule has 0 spiro atoms. The van der Waals surface area contributed by atoms with Gasteiger partial charge in [-0.3, -0.25) is 0 Å². The second-order valence-electron chi connectivity index (χ2n) is 1.55. The van der Waals surface area contributed by atoms with Crippen LogP contribution in [0.2, 0.25) is 6.04 Å². The van der Waals surface area contributed by atoms with Gasteiger partial charge in [-0.25, -0.2) is 0 Å². The zero-order valence-corrected chi connectivity index (χ0v) is 6.55. The van der Waals surface area contributed by atoms with Gasteiger partial charge in [0.25, 0.3) is 0 Å². The normalized spacial score (nSPS) is 9.75. The highest BCUT2D eigenvalue weighted by molar-refractivity contribution is 6.26. The molecule has 2 nitrogen and oxygen atoms in total. The van der Waals surface area contributed by atoms with Crippen molar-refractivity contribution < 1.29 is 4.43 Å². The summed E-state index contributed by atoms with van der Waals surface area (Å²) in [5.41, 5.74) is 5.27. The predicted molar refractivity (Wildman–Crippen MR) is 37.3 cm³/mol. The topological polar surface area (TPSA) is 35.2 Å². The van der Waals surface area contributed by atoms with Gasteiger partial charge in [0.05, 0.1) is 0 Å². The fraction of sp³-hybridized carbons (Fsp3) is 1.00. The van der Waals surface area contributed by atoms with E-state index in [1.807, 2.05) is 6.92 Å². The molecule has 3 heteroatoms. The van der Waals surface area contributed by atoms with Crippen molar-refractivity contribution in [1.29, 1.82) is 0 Å². The molecule has 0 heterocycles. The van der Waals surface area contributed by atoms with Crippen LogP contribution in [-0.4, -0.2) is 22.9 Å². The minimum Gasteiger partial charge on any atom is -0.421 e. The van der Waals surface area contributed by atoms with E-state index in [0.29, 0.717) is 0 Å². The molecule has 0 aliphatic rings. The van der Waals surface area contributed by atoms with E-state index in [0.717, 1.165) is 19.6 Å². The molecule has 0 aliphatic heterocycles. The summed E-state index contributed by atoms with van der Waals surface area (Å²) in [6.45, 7) is 3.69. The highest BCUT2D eigenvalue weighted by atomic mass is 28.2. The minimum absolute atomic E-state index is 0.240. The van der Waals surface area contributed by atoms with Crippen LogP contribution < -0.4 is 5.73 Å². The summed E-state index contributed by atoms with van der Waals surface area (Å²) in [4.78, 5) is 0. The van der Waals surface area contributed by atoms with Crippen molar-refractivity contribution in [2.45, 2.75) is 19.4 Å². The first-order chi connectivity index (χ1) is 3.91. The Morgan fingerprint density at radius 1 is 1.62 bits per heavy atom. The average Bonchev–Trinajstić information content (AvgIpc) is 1.81. The molecule has 0 saturated carbocycles. The average molecular weight is 132 g/mol. The van der Waals surface area contributed by atoms with Crippen LogP contribution in [0.3, 0.4) is 0 Å². The molecule has 8 heavy (non-hydrogen) atoms. The number of hydrogen-bond donors (Lipinski definition) is 1. The lowest BCUT2D eigenvalue weighted by Crippen LogP contribution is -2.03. The van der Waals surface area contributed by atoms with E-state index in [1.54, 1.807) is 0 Å². The second-order valence-corrected chi connectivity index (χ2v) is 2.80. The van der Waals surface area contributed by atoms with Crippen LogP contribution in [0.4, 0.5) is 0 Å². The molecular weight excluding hydrogens is 118 g/mol. The van der Waals surface area contributed by atoms with Crippen LogP contribution in [0.5, 0.6) is 0 Å². The van der Waals surface area contributed by atoms with Crippen LogP contribution in [0.1, 0.15) is 13.3 Å². The molecule has 0 bridgehead atoms. The van der Waals surface area contributed by atoms with Crippen molar-refractivity contribution in [2.24, 2.45) is 5.73 Å². The lowest BCUT2D eigenvalue weighted by Gasteiger charge is -1.95. The molecule has 2 N–H and O–H groups in total. The van der Waals surface area contributed by atoms with Crippen molar-refractivity contribution in [3.05, 3.63) is 0 Å². The Kier molecular flexibility index (Phi) is 7.26. The van der Waals surface area contributed by atoms with Crippen LogP contribution in [0.15, 0.2) is 0 Å². The van der Waals surface area contributed by atoms with Crippen LogP contribution in [0, 0.1) is 0 Å². The fourth-order valence-corrected chi connectivity index (χ4v) is 1.21. The van der Waals surface area contributed by atoms with Crippen LogP contribution in [-0.2, 0) is 4.43 Å². The Balaban J connectivity index is 2.53. The SMILES string of the molecule is CCO[SiH]CCCN. The third-order valence-electron chi connectivity index (χ3n) is 0.811. The van der Waals surface area contributed by atoms with Crippen molar-refractivity contribution in [1.82, 2.24) is 0 Å². The largest absolute Gasteiger partial charge is 0.421 e. The van der Waals surface area contributed by atoms with E-state index in [9.17, 15) is 0 Å². The quantitative estimate of drug-likeness (QED) is 0.426. The molecule has 0 unspecified atom stereocenters. The molecule has 0 saturated heterocycles. The maximum absolute atomic E-state index is 5.27. The van der Waals surface area contributed by atoms with E-state index in [4.69, 9.17) is 10.2 Å². The van der Waals surface area contributed by atoms with Crippen molar-refractivity contribution in [3.8, 4) is 0 Å². The Labute approximate surface area is 53.4 Å². The molecule has 49 valence electrons.